The first-order valence-electron chi connectivity index (χ1n) is 8.97. The van der Waals surface area contributed by atoms with Crippen LogP contribution in [0.2, 0.25) is 0 Å². The van der Waals surface area contributed by atoms with Crippen LogP contribution in [0.3, 0.4) is 0 Å². The molecule has 2 aliphatic heterocycles. The standard InChI is InChI=1S/C20H28N2O2/c1-15-4-3-5-16(2)19(15)7-6-17-8-10-22(11-9-17)20(23)12-21-18-13-24-14-18/h3-7,17-18,21H,8-14H2,1-2H3/b7-6+. The lowest BCUT2D eigenvalue weighted by atomic mass is 9.94. The van der Waals surface area contributed by atoms with Crippen LogP contribution in [0.5, 0.6) is 0 Å². The van der Waals surface area contributed by atoms with Crippen LogP contribution >= 0.6 is 0 Å². The Labute approximate surface area is 144 Å². The largest absolute Gasteiger partial charge is 0.378 e. The molecule has 0 aliphatic carbocycles. The van der Waals surface area contributed by atoms with Crippen molar-refractivity contribution in [1.29, 1.82) is 0 Å². The summed E-state index contributed by atoms with van der Waals surface area (Å²) in [6.07, 6.45) is 6.71. The van der Waals surface area contributed by atoms with E-state index in [-0.39, 0.29) is 5.91 Å². The van der Waals surface area contributed by atoms with Crippen LogP contribution in [-0.4, -0.2) is 49.7 Å². The van der Waals surface area contributed by atoms with Gasteiger partial charge in [0.1, 0.15) is 0 Å². The van der Waals surface area contributed by atoms with E-state index in [0.717, 1.165) is 39.1 Å². The molecule has 0 bridgehead atoms. The number of amides is 1. The first-order chi connectivity index (χ1) is 11.6. The molecule has 1 amide bonds. The highest BCUT2D eigenvalue weighted by Gasteiger charge is 2.23. The van der Waals surface area contributed by atoms with E-state index in [1.807, 2.05) is 4.90 Å². The van der Waals surface area contributed by atoms with Gasteiger partial charge in [-0.1, -0.05) is 30.4 Å². The summed E-state index contributed by atoms with van der Waals surface area (Å²) in [5, 5.41) is 3.26. The molecule has 24 heavy (non-hydrogen) atoms. The van der Waals surface area contributed by atoms with Crippen LogP contribution in [0.4, 0.5) is 0 Å². The SMILES string of the molecule is Cc1cccc(C)c1/C=C/C1CCN(C(=O)CNC2COC2)CC1. The van der Waals surface area contributed by atoms with E-state index in [2.05, 4.69) is 49.5 Å². The zero-order valence-electron chi connectivity index (χ0n) is 14.8. The maximum Gasteiger partial charge on any atom is 0.236 e. The molecule has 2 saturated heterocycles. The third-order valence-corrected chi connectivity index (χ3v) is 5.15. The summed E-state index contributed by atoms with van der Waals surface area (Å²) >= 11 is 0. The molecule has 130 valence electrons. The second kappa shape index (κ2) is 7.95. The average Bonchev–Trinajstić information content (AvgIpc) is 2.53. The smallest absolute Gasteiger partial charge is 0.236 e. The number of hydrogen-bond donors (Lipinski definition) is 1. The van der Waals surface area contributed by atoms with E-state index in [4.69, 9.17) is 4.74 Å². The predicted molar refractivity (Wildman–Crippen MR) is 96.9 cm³/mol. The summed E-state index contributed by atoms with van der Waals surface area (Å²) in [6.45, 7) is 7.96. The molecule has 2 heterocycles. The Morgan fingerprint density at radius 3 is 2.50 bits per heavy atom. The zero-order chi connectivity index (χ0) is 16.9. The molecular weight excluding hydrogens is 300 g/mol. The fourth-order valence-electron chi connectivity index (χ4n) is 3.36. The van der Waals surface area contributed by atoms with Gasteiger partial charge in [-0.3, -0.25) is 4.79 Å². The lowest BCUT2D eigenvalue weighted by Crippen LogP contribution is -2.51. The van der Waals surface area contributed by atoms with E-state index < -0.39 is 0 Å². The highest BCUT2D eigenvalue weighted by molar-refractivity contribution is 5.78. The molecule has 0 saturated carbocycles. The number of ether oxygens (including phenoxy) is 1. The van der Waals surface area contributed by atoms with E-state index >= 15 is 0 Å². The number of rotatable bonds is 5. The van der Waals surface area contributed by atoms with Gasteiger partial charge in [-0.15, -0.1) is 0 Å². The monoisotopic (exact) mass is 328 g/mol. The summed E-state index contributed by atoms with van der Waals surface area (Å²) in [5.74, 6) is 0.792. The van der Waals surface area contributed by atoms with Gasteiger partial charge in [-0.2, -0.15) is 0 Å². The van der Waals surface area contributed by atoms with Gasteiger partial charge in [0, 0.05) is 13.1 Å². The number of carbonyl (C=O) groups excluding carboxylic acids is 1. The molecule has 1 N–H and O–H groups in total. The van der Waals surface area contributed by atoms with Gasteiger partial charge in [-0.05, 0) is 49.3 Å². The number of piperidine rings is 1. The lowest BCUT2D eigenvalue weighted by molar-refractivity contribution is -0.132. The van der Waals surface area contributed by atoms with Gasteiger partial charge >= 0.3 is 0 Å². The Kier molecular flexibility index (Phi) is 5.69. The number of benzene rings is 1. The van der Waals surface area contributed by atoms with Crippen LogP contribution in [0.15, 0.2) is 24.3 Å². The maximum atomic E-state index is 12.2. The Hall–Kier alpha value is -1.65. The number of allylic oxidation sites excluding steroid dienone is 1. The molecule has 0 atom stereocenters. The molecule has 3 rings (SSSR count). The Morgan fingerprint density at radius 2 is 1.92 bits per heavy atom. The lowest BCUT2D eigenvalue weighted by Gasteiger charge is -2.32. The number of aryl methyl sites for hydroxylation is 2. The minimum atomic E-state index is 0.221. The fourth-order valence-corrected chi connectivity index (χ4v) is 3.36. The highest BCUT2D eigenvalue weighted by Crippen LogP contribution is 2.22. The molecule has 0 aromatic heterocycles. The number of nitrogens with one attached hydrogen (secondary N) is 1. The summed E-state index contributed by atoms with van der Waals surface area (Å²) in [7, 11) is 0. The number of likely N-dealkylation sites (tertiary alicyclic amines) is 1. The minimum absolute atomic E-state index is 0.221. The van der Waals surface area contributed by atoms with Crippen molar-refractivity contribution in [2.45, 2.75) is 32.7 Å². The van der Waals surface area contributed by atoms with E-state index in [1.54, 1.807) is 0 Å². The van der Waals surface area contributed by atoms with Crippen molar-refractivity contribution in [2.75, 3.05) is 32.8 Å². The van der Waals surface area contributed by atoms with Gasteiger partial charge in [-0.25, -0.2) is 0 Å². The van der Waals surface area contributed by atoms with E-state index in [0.29, 0.717) is 18.5 Å². The first kappa shape index (κ1) is 17.2. The van der Waals surface area contributed by atoms with Gasteiger partial charge in [0.2, 0.25) is 5.91 Å². The third-order valence-electron chi connectivity index (χ3n) is 5.15. The van der Waals surface area contributed by atoms with E-state index in [1.165, 1.54) is 16.7 Å². The second-order valence-electron chi connectivity index (χ2n) is 7.00. The normalized spacial score (nSPS) is 19.7. The summed E-state index contributed by atoms with van der Waals surface area (Å²) < 4.78 is 5.11. The maximum absolute atomic E-state index is 12.2. The number of hydrogen-bond acceptors (Lipinski definition) is 3. The molecule has 0 radical (unpaired) electrons. The van der Waals surface area contributed by atoms with Crippen LogP contribution in [0, 0.1) is 19.8 Å². The Balaban J connectivity index is 1.46. The molecule has 0 spiro atoms. The molecule has 4 heteroatoms. The van der Waals surface area contributed by atoms with Crippen molar-refractivity contribution in [3.8, 4) is 0 Å². The first-order valence-corrected chi connectivity index (χ1v) is 8.97. The summed E-state index contributed by atoms with van der Waals surface area (Å²) in [5.41, 5.74) is 3.98. The van der Waals surface area contributed by atoms with Gasteiger partial charge in [0.15, 0.2) is 0 Å². The van der Waals surface area contributed by atoms with Crippen LogP contribution in [-0.2, 0) is 9.53 Å². The zero-order valence-corrected chi connectivity index (χ0v) is 14.8. The van der Waals surface area contributed by atoms with Crippen LogP contribution < -0.4 is 5.32 Å². The molecule has 2 fully saturated rings. The topological polar surface area (TPSA) is 41.6 Å². The highest BCUT2D eigenvalue weighted by atomic mass is 16.5. The van der Waals surface area contributed by atoms with Crippen molar-refractivity contribution in [3.05, 3.63) is 41.0 Å². The Bertz CT molecular complexity index is 579. The molecule has 1 aromatic rings. The van der Waals surface area contributed by atoms with Crippen molar-refractivity contribution < 1.29 is 9.53 Å². The number of nitrogens with zero attached hydrogens (tertiary/aromatic N) is 1. The molecule has 2 aliphatic rings. The molecule has 1 aromatic carbocycles. The van der Waals surface area contributed by atoms with Gasteiger partial charge in [0.25, 0.3) is 0 Å². The summed E-state index contributed by atoms with van der Waals surface area (Å²) in [4.78, 5) is 14.2. The van der Waals surface area contributed by atoms with Crippen molar-refractivity contribution in [1.82, 2.24) is 10.2 Å². The minimum Gasteiger partial charge on any atom is -0.378 e. The third kappa shape index (κ3) is 4.25. The van der Waals surface area contributed by atoms with Gasteiger partial charge in [0.05, 0.1) is 25.8 Å². The van der Waals surface area contributed by atoms with Gasteiger partial charge < -0.3 is 15.0 Å². The Morgan fingerprint density at radius 1 is 1.25 bits per heavy atom. The van der Waals surface area contributed by atoms with Crippen molar-refractivity contribution in [3.63, 3.8) is 0 Å². The average molecular weight is 328 g/mol. The van der Waals surface area contributed by atoms with Crippen LogP contribution in [0.25, 0.3) is 6.08 Å². The molecular formula is C20H28N2O2. The van der Waals surface area contributed by atoms with Crippen molar-refractivity contribution >= 4 is 12.0 Å². The van der Waals surface area contributed by atoms with Crippen LogP contribution in [0.1, 0.15) is 29.5 Å². The second-order valence-corrected chi connectivity index (χ2v) is 7.00. The molecule has 4 nitrogen and oxygen atoms in total. The quantitative estimate of drug-likeness (QED) is 0.903. The fraction of sp³-hybridized carbons (Fsp3) is 0.550. The molecule has 0 unspecified atom stereocenters. The summed E-state index contributed by atoms with van der Waals surface area (Å²) in [6, 6.07) is 6.80. The van der Waals surface area contributed by atoms with E-state index in [9.17, 15) is 4.79 Å². The van der Waals surface area contributed by atoms with Crippen molar-refractivity contribution in [2.24, 2.45) is 5.92 Å². The predicted octanol–water partition coefficient (Wildman–Crippen LogP) is 2.54. The number of carbonyl (C=O) groups is 1.